The number of rotatable bonds is 3. The van der Waals surface area contributed by atoms with Gasteiger partial charge in [-0.15, -0.1) is 0 Å². The second-order valence-electron chi connectivity index (χ2n) is 6.59. The molecule has 1 saturated heterocycles. The van der Waals surface area contributed by atoms with Crippen molar-refractivity contribution in [3.63, 3.8) is 0 Å². The molecule has 1 aromatic heterocycles. The van der Waals surface area contributed by atoms with Gasteiger partial charge in [-0.1, -0.05) is 6.07 Å². The third-order valence-electron chi connectivity index (χ3n) is 4.72. The van der Waals surface area contributed by atoms with E-state index in [1.807, 2.05) is 37.2 Å². The lowest BCUT2D eigenvalue weighted by Gasteiger charge is -2.34. The van der Waals surface area contributed by atoms with Gasteiger partial charge in [0.15, 0.2) is 17.2 Å². The molecule has 132 valence electrons. The Balaban J connectivity index is 1.35. The van der Waals surface area contributed by atoms with E-state index in [0.29, 0.717) is 12.5 Å². The Morgan fingerprint density at radius 2 is 1.92 bits per heavy atom. The molecule has 1 amide bonds. The standard InChI is InChI=1S/C18H22N4O3/c1-13-10-20(2)19-17(13)18(23)22-7-5-21(6-8-22)11-14-3-4-15-16(9-14)25-12-24-15/h3-4,9-10H,5-8,11-12H2,1-2H3. The van der Waals surface area contributed by atoms with Crippen molar-refractivity contribution in [3.8, 4) is 11.5 Å². The highest BCUT2D eigenvalue weighted by molar-refractivity contribution is 5.93. The lowest BCUT2D eigenvalue weighted by atomic mass is 10.1. The van der Waals surface area contributed by atoms with Crippen LogP contribution in [0.15, 0.2) is 24.4 Å². The van der Waals surface area contributed by atoms with Crippen LogP contribution in [0.3, 0.4) is 0 Å². The summed E-state index contributed by atoms with van der Waals surface area (Å²) in [7, 11) is 1.84. The fourth-order valence-electron chi connectivity index (χ4n) is 3.37. The Morgan fingerprint density at radius 1 is 1.16 bits per heavy atom. The van der Waals surface area contributed by atoms with Gasteiger partial charge in [-0.3, -0.25) is 14.4 Å². The summed E-state index contributed by atoms with van der Waals surface area (Å²) in [6.07, 6.45) is 1.88. The summed E-state index contributed by atoms with van der Waals surface area (Å²) in [5.74, 6) is 1.66. The minimum Gasteiger partial charge on any atom is -0.454 e. The van der Waals surface area contributed by atoms with Crippen LogP contribution in [0.25, 0.3) is 0 Å². The van der Waals surface area contributed by atoms with Gasteiger partial charge in [0.2, 0.25) is 6.79 Å². The molecule has 0 atom stereocenters. The maximum atomic E-state index is 12.6. The van der Waals surface area contributed by atoms with Gasteiger partial charge >= 0.3 is 0 Å². The molecule has 0 bridgehead atoms. The highest BCUT2D eigenvalue weighted by Gasteiger charge is 2.25. The summed E-state index contributed by atoms with van der Waals surface area (Å²) in [5, 5.41) is 4.29. The van der Waals surface area contributed by atoms with Crippen molar-refractivity contribution < 1.29 is 14.3 Å². The average molecular weight is 342 g/mol. The van der Waals surface area contributed by atoms with E-state index in [0.717, 1.165) is 49.8 Å². The number of carbonyl (C=O) groups excluding carboxylic acids is 1. The first-order valence-electron chi connectivity index (χ1n) is 8.50. The monoisotopic (exact) mass is 342 g/mol. The molecule has 2 aliphatic heterocycles. The summed E-state index contributed by atoms with van der Waals surface area (Å²) in [6, 6.07) is 6.07. The van der Waals surface area contributed by atoms with Crippen LogP contribution in [0, 0.1) is 6.92 Å². The molecule has 0 aliphatic carbocycles. The zero-order valence-electron chi connectivity index (χ0n) is 14.6. The first-order chi connectivity index (χ1) is 12.1. The van der Waals surface area contributed by atoms with Crippen LogP contribution in [0.2, 0.25) is 0 Å². The minimum atomic E-state index is 0.0285. The largest absolute Gasteiger partial charge is 0.454 e. The van der Waals surface area contributed by atoms with Gasteiger partial charge in [-0.2, -0.15) is 5.10 Å². The lowest BCUT2D eigenvalue weighted by Crippen LogP contribution is -2.48. The number of amides is 1. The fourth-order valence-corrected chi connectivity index (χ4v) is 3.37. The molecule has 1 aromatic carbocycles. The van der Waals surface area contributed by atoms with Gasteiger partial charge in [-0.25, -0.2) is 0 Å². The number of hydrogen-bond acceptors (Lipinski definition) is 5. The number of aromatic nitrogens is 2. The minimum absolute atomic E-state index is 0.0285. The smallest absolute Gasteiger partial charge is 0.274 e. The number of aryl methyl sites for hydroxylation is 2. The molecule has 4 rings (SSSR count). The predicted octanol–water partition coefficient (Wildman–Crippen LogP) is 1.42. The second-order valence-corrected chi connectivity index (χ2v) is 6.59. The summed E-state index contributed by atoms with van der Waals surface area (Å²) in [6.45, 7) is 6.22. The Labute approximate surface area is 146 Å². The quantitative estimate of drug-likeness (QED) is 0.844. The predicted molar refractivity (Wildman–Crippen MR) is 91.7 cm³/mol. The van der Waals surface area contributed by atoms with E-state index in [1.165, 1.54) is 5.56 Å². The number of ether oxygens (including phenoxy) is 2. The molecule has 7 nitrogen and oxygen atoms in total. The summed E-state index contributed by atoms with van der Waals surface area (Å²) < 4.78 is 12.5. The number of piperazine rings is 1. The number of nitrogens with zero attached hydrogens (tertiary/aromatic N) is 4. The highest BCUT2D eigenvalue weighted by atomic mass is 16.7. The lowest BCUT2D eigenvalue weighted by molar-refractivity contribution is 0.0621. The van der Waals surface area contributed by atoms with E-state index >= 15 is 0 Å². The molecule has 1 fully saturated rings. The average Bonchev–Trinajstić information content (AvgIpc) is 3.20. The third-order valence-corrected chi connectivity index (χ3v) is 4.72. The second kappa shape index (κ2) is 6.40. The first kappa shape index (κ1) is 16.0. The molecule has 0 spiro atoms. The van der Waals surface area contributed by atoms with Gasteiger partial charge < -0.3 is 14.4 Å². The van der Waals surface area contributed by atoms with Crippen molar-refractivity contribution in [2.45, 2.75) is 13.5 Å². The third kappa shape index (κ3) is 3.19. The SMILES string of the molecule is Cc1cn(C)nc1C(=O)N1CCN(Cc2ccc3c(c2)OCO3)CC1. The Hall–Kier alpha value is -2.54. The molecule has 25 heavy (non-hydrogen) atoms. The summed E-state index contributed by atoms with van der Waals surface area (Å²) in [5.41, 5.74) is 2.69. The van der Waals surface area contributed by atoms with E-state index in [4.69, 9.17) is 9.47 Å². The maximum Gasteiger partial charge on any atom is 0.274 e. The Kier molecular flexibility index (Phi) is 4.09. The van der Waals surface area contributed by atoms with E-state index < -0.39 is 0 Å². The van der Waals surface area contributed by atoms with Crippen LogP contribution in [-0.2, 0) is 13.6 Å². The molecular weight excluding hydrogens is 320 g/mol. The van der Waals surface area contributed by atoms with Gasteiger partial charge in [0, 0.05) is 51.5 Å². The van der Waals surface area contributed by atoms with Crippen molar-refractivity contribution >= 4 is 5.91 Å². The molecular formula is C18H22N4O3. The van der Waals surface area contributed by atoms with Crippen molar-refractivity contribution in [1.29, 1.82) is 0 Å². The van der Waals surface area contributed by atoms with Crippen LogP contribution in [0.4, 0.5) is 0 Å². The zero-order valence-corrected chi connectivity index (χ0v) is 14.6. The van der Waals surface area contributed by atoms with E-state index in [-0.39, 0.29) is 5.91 Å². The van der Waals surface area contributed by atoms with E-state index in [1.54, 1.807) is 4.68 Å². The number of benzene rings is 1. The molecule has 7 heteroatoms. The van der Waals surface area contributed by atoms with Gasteiger partial charge in [0.1, 0.15) is 0 Å². The molecule has 0 radical (unpaired) electrons. The summed E-state index contributed by atoms with van der Waals surface area (Å²) in [4.78, 5) is 16.9. The zero-order chi connectivity index (χ0) is 17.4. The van der Waals surface area contributed by atoms with Crippen molar-refractivity contribution in [2.75, 3.05) is 33.0 Å². The van der Waals surface area contributed by atoms with E-state index in [2.05, 4.69) is 16.1 Å². The topological polar surface area (TPSA) is 59.8 Å². The highest BCUT2D eigenvalue weighted by Crippen LogP contribution is 2.32. The van der Waals surface area contributed by atoms with Gasteiger partial charge in [0.25, 0.3) is 5.91 Å². The normalized spacial score (nSPS) is 17.1. The summed E-state index contributed by atoms with van der Waals surface area (Å²) >= 11 is 0. The van der Waals surface area contributed by atoms with Crippen LogP contribution in [-0.4, -0.2) is 58.5 Å². The number of fused-ring (bicyclic) bond motifs is 1. The van der Waals surface area contributed by atoms with Gasteiger partial charge in [0.05, 0.1) is 0 Å². The van der Waals surface area contributed by atoms with Crippen LogP contribution < -0.4 is 9.47 Å². The van der Waals surface area contributed by atoms with E-state index in [9.17, 15) is 4.79 Å². The molecule has 2 aromatic rings. The Bertz CT molecular complexity index is 794. The van der Waals surface area contributed by atoms with Crippen LogP contribution >= 0.6 is 0 Å². The molecule has 0 unspecified atom stereocenters. The first-order valence-corrected chi connectivity index (χ1v) is 8.50. The molecule has 0 N–H and O–H groups in total. The van der Waals surface area contributed by atoms with Crippen LogP contribution in [0.5, 0.6) is 11.5 Å². The van der Waals surface area contributed by atoms with Crippen molar-refractivity contribution in [2.24, 2.45) is 7.05 Å². The maximum absolute atomic E-state index is 12.6. The fraction of sp³-hybridized carbons (Fsp3) is 0.444. The molecule has 0 saturated carbocycles. The molecule has 2 aliphatic rings. The number of carbonyl (C=O) groups is 1. The van der Waals surface area contributed by atoms with Crippen molar-refractivity contribution in [3.05, 3.63) is 41.2 Å². The number of hydrogen-bond donors (Lipinski definition) is 0. The Morgan fingerprint density at radius 3 is 2.64 bits per heavy atom. The van der Waals surface area contributed by atoms with Gasteiger partial charge in [-0.05, 0) is 24.6 Å². The van der Waals surface area contributed by atoms with Crippen LogP contribution in [0.1, 0.15) is 21.6 Å². The molecule has 3 heterocycles. The van der Waals surface area contributed by atoms with Crippen molar-refractivity contribution in [1.82, 2.24) is 19.6 Å².